The minimum Gasteiger partial charge on any atom is -0.341 e. The maximum absolute atomic E-state index is 11.8. The molecule has 1 aromatic rings. The zero-order chi connectivity index (χ0) is 11.4. The molecule has 86 valence electrons. The van der Waals surface area contributed by atoms with E-state index in [0.717, 1.165) is 18.7 Å². The molecule has 1 saturated heterocycles. The molecule has 1 fully saturated rings. The molecule has 4 heteroatoms. The maximum atomic E-state index is 11.8. The van der Waals surface area contributed by atoms with Crippen molar-refractivity contribution in [3.05, 3.63) is 30.1 Å². The number of amides is 1. The molecule has 0 saturated carbocycles. The van der Waals surface area contributed by atoms with Gasteiger partial charge in [-0.1, -0.05) is 6.07 Å². The Kier molecular flexibility index (Phi) is 3.51. The molecule has 1 amide bonds. The van der Waals surface area contributed by atoms with E-state index >= 15 is 0 Å². The fourth-order valence-corrected chi connectivity index (χ4v) is 1.75. The topological polar surface area (TPSA) is 45.2 Å². The van der Waals surface area contributed by atoms with Crippen LogP contribution in [0.2, 0.25) is 0 Å². The van der Waals surface area contributed by atoms with E-state index in [1.54, 1.807) is 17.3 Å². The fourth-order valence-electron chi connectivity index (χ4n) is 1.75. The number of pyridine rings is 1. The standard InChI is InChI=1S/C12H17N3O/c1-15(9-10-3-2-4-13-6-10)12(16)5-11-7-14-8-11/h2-4,6,11,14H,5,7-9H2,1H3. The average molecular weight is 219 g/mol. The summed E-state index contributed by atoms with van der Waals surface area (Å²) in [4.78, 5) is 17.6. The minimum absolute atomic E-state index is 0.218. The molecule has 0 radical (unpaired) electrons. The van der Waals surface area contributed by atoms with Gasteiger partial charge in [0, 0.05) is 32.4 Å². The molecule has 2 rings (SSSR count). The largest absolute Gasteiger partial charge is 0.341 e. The van der Waals surface area contributed by atoms with E-state index in [2.05, 4.69) is 10.3 Å². The van der Waals surface area contributed by atoms with Gasteiger partial charge in [0.1, 0.15) is 0 Å². The van der Waals surface area contributed by atoms with Gasteiger partial charge in [-0.2, -0.15) is 0 Å². The van der Waals surface area contributed by atoms with E-state index in [1.807, 2.05) is 19.2 Å². The Hall–Kier alpha value is -1.42. The lowest BCUT2D eigenvalue weighted by Gasteiger charge is -2.28. The van der Waals surface area contributed by atoms with Crippen LogP contribution in [0.1, 0.15) is 12.0 Å². The summed E-state index contributed by atoms with van der Waals surface area (Å²) in [6, 6.07) is 3.88. The van der Waals surface area contributed by atoms with E-state index < -0.39 is 0 Å². The molecule has 0 bridgehead atoms. The Morgan fingerprint density at radius 1 is 1.62 bits per heavy atom. The Morgan fingerprint density at radius 3 is 3.00 bits per heavy atom. The Balaban J connectivity index is 1.82. The van der Waals surface area contributed by atoms with Gasteiger partial charge in [0.15, 0.2) is 0 Å². The number of carbonyl (C=O) groups is 1. The fraction of sp³-hybridized carbons (Fsp3) is 0.500. The van der Waals surface area contributed by atoms with Crippen LogP contribution in [0.3, 0.4) is 0 Å². The van der Waals surface area contributed by atoms with Gasteiger partial charge >= 0.3 is 0 Å². The monoisotopic (exact) mass is 219 g/mol. The molecule has 0 aromatic carbocycles. The second-order valence-corrected chi connectivity index (χ2v) is 4.34. The Morgan fingerprint density at radius 2 is 2.44 bits per heavy atom. The first-order valence-corrected chi connectivity index (χ1v) is 5.59. The van der Waals surface area contributed by atoms with Crippen molar-refractivity contribution in [2.24, 2.45) is 5.92 Å². The first-order chi connectivity index (χ1) is 7.75. The quantitative estimate of drug-likeness (QED) is 0.808. The van der Waals surface area contributed by atoms with E-state index in [-0.39, 0.29) is 5.91 Å². The van der Waals surface area contributed by atoms with Crippen LogP contribution in [-0.2, 0) is 11.3 Å². The third kappa shape index (κ3) is 2.79. The van der Waals surface area contributed by atoms with E-state index in [9.17, 15) is 4.79 Å². The van der Waals surface area contributed by atoms with Gasteiger partial charge in [0.2, 0.25) is 5.91 Å². The smallest absolute Gasteiger partial charge is 0.222 e. The molecular weight excluding hydrogens is 202 g/mol. The summed E-state index contributed by atoms with van der Waals surface area (Å²) in [5, 5.41) is 3.17. The van der Waals surface area contributed by atoms with Crippen LogP contribution in [0.25, 0.3) is 0 Å². The molecule has 1 aliphatic rings. The number of rotatable bonds is 4. The van der Waals surface area contributed by atoms with Crippen molar-refractivity contribution < 1.29 is 4.79 Å². The summed E-state index contributed by atoms with van der Waals surface area (Å²) in [7, 11) is 1.85. The molecular formula is C12H17N3O. The van der Waals surface area contributed by atoms with Crippen LogP contribution in [0.15, 0.2) is 24.5 Å². The average Bonchev–Trinajstić information content (AvgIpc) is 2.24. The minimum atomic E-state index is 0.218. The van der Waals surface area contributed by atoms with Gasteiger partial charge in [0.05, 0.1) is 0 Å². The Bertz CT molecular complexity index is 349. The summed E-state index contributed by atoms with van der Waals surface area (Å²) >= 11 is 0. The van der Waals surface area contributed by atoms with Crippen LogP contribution in [0.4, 0.5) is 0 Å². The van der Waals surface area contributed by atoms with Crippen molar-refractivity contribution in [2.75, 3.05) is 20.1 Å². The van der Waals surface area contributed by atoms with Crippen LogP contribution in [0.5, 0.6) is 0 Å². The highest BCUT2D eigenvalue weighted by Gasteiger charge is 2.21. The number of nitrogens with one attached hydrogen (secondary N) is 1. The van der Waals surface area contributed by atoms with E-state index in [0.29, 0.717) is 18.9 Å². The molecule has 16 heavy (non-hydrogen) atoms. The Labute approximate surface area is 95.7 Å². The second-order valence-electron chi connectivity index (χ2n) is 4.34. The van der Waals surface area contributed by atoms with Crippen molar-refractivity contribution in [1.29, 1.82) is 0 Å². The number of carbonyl (C=O) groups excluding carboxylic acids is 1. The highest BCUT2D eigenvalue weighted by Crippen LogP contribution is 2.11. The lowest BCUT2D eigenvalue weighted by Crippen LogP contribution is -2.44. The third-order valence-corrected chi connectivity index (χ3v) is 2.90. The summed E-state index contributed by atoms with van der Waals surface area (Å²) in [6.45, 7) is 2.60. The predicted molar refractivity (Wildman–Crippen MR) is 61.7 cm³/mol. The summed E-state index contributed by atoms with van der Waals surface area (Å²) in [6.07, 6.45) is 4.20. The highest BCUT2D eigenvalue weighted by atomic mass is 16.2. The van der Waals surface area contributed by atoms with Crippen LogP contribution in [0, 0.1) is 5.92 Å². The maximum Gasteiger partial charge on any atom is 0.222 e. The van der Waals surface area contributed by atoms with Crippen molar-refractivity contribution >= 4 is 5.91 Å². The zero-order valence-electron chi connectivity index (χ0n) is 9.52. The van der Waals surface area contributed by atoms with Crippen molar-refractivity contribution in [1.82, 2.24) is 15.2 Å². The first kappa shape index (κ1) is 11.1. The molecule has 0 atom stereocenters. The zero-order valence-corrected chi connectivity index (χ0v) is 9.52. The van der Waals surface area contributed by atoms with Crippen LogP contribution < -0.4 is 5.32 Å². The number of nitrogens with zero attached hydrogens (tertiary/aromatic N) is 2. The second kappa shape index (κ2) is 5.07. The normalized spacial score (nSPS) is 15.6. The summed E-state index contributed by atoms with van der Waals surface area (Å²) in [5.41, 5.74) is 1.07. The summed E-state index contributed by atoms with van der Waals surface area (Å²) in [5.74, 6) is 0.749. The van der Waals surface area contributed by atoms with Gasteiger partial charge < -0.3 is 10.2 Å². The summed E-state index contributed by atoms with van der Waals surface area (Å²) < 4.78 is 0. The van der Waals surface area contributed by atoms with E-state index in [4.69, 9.17) is 0 Å². The van der Waals surface area contributed by atoms with Gasteiger partial charge in [-0.05, 0) is 30.6 Å². The van der Waals surface area contributed by atoms with E-state index in [1.165, 1.54) is 0 Å². The highest BCUT2D eigenvalue weighted by molar-refractivity contribution is 5.76. The SMILES string of the molecule is CN(Cc1cccnc1)C(=O)CC1CNC1. The van der Waals surface area contributed by atoms with Crippen LogP contribution in [-0.4, -0.2) is 35.9 Å². The molecule has 0 spiro atoms. The van der Waals surface area contributed by atoms with Gasteiger partial charge in [-0.3, -0.25) is 9.78 Å². The number of hydrogen-bond acceptors (Lipinski definition) is 3. The van der Waals surface area contributed by atoms with Crippen molar-refractivity contribution in [2.45, 2.75) is 13.0 Å². The van der Waals surface area contributed by atoms with Crippen molar-refractivity contribution in [3.8, 4) is 0 Å². The molecule has 2 heterocycles. The molecule has 1 N–H and O–H groups in total. The molecule has 0 unspecified atom stereocenters. The molecule has 1 aliphatic heterocycles. The molecule has 1 aromatic heterocycles. The number of hydrogen-bond donors (Lipinski definition) is 1. The predicted octanol–water partition coefficient (Wildman–Crippen LogP) is 0.649. The molecule has 4 nitrogen and oxygen atoms in total. The number of aromatic nitrogens is 1. The van der Waals surface area contributed by atoms with Gasteiger partial charge in [0.25, 0.3) is 0 Å². The lowest BCUT2D eigenvalue weighted by atomic mass is 9.99. The van der Waals surface area contributed by atoms with Gasteiger partial charge in [-0.15, -0.1) is 0 Å². The molecule has 0 aliphatic carbocycles. The van der Waals surface area contributed by atoms with Crippen LogP contribution >= 0.6 is 0 Å². The van der Waals surface area contributed by atoms with Crippen molar-refractivity contribution in [3.63, 3.8) is 0 Å². The lowest BCUT2D eigenvalue weighted by molar-refractivity contribution is -0.131. The first-order valence-electron chi connectivity index (χ1n) is 5.59. The third-order valence-electron chi connectivity index (χ3n) is 2.90. The van der Waals surface area contributed by atoms with Gasteiger partial charge in [-0.25, -0.2) is 0 Å².